The zero-order valence-corrected chi connectivity index (χ0v) is 15.5. The first-order valence-electron chi connectivity index (χ1n) is 9.39. The lowest BCUT2D eigenvalue weighted by Gasteiger charge is -2.10. The molecule has 0 atom stereocenters. The van der Waals surface area contributed by atoms with Crippen LogP contribution in [0.3, 0.4) is 0 Å². The third-order valence-electron chi connectivity index (χ3n) is 4.26. The van der Waals surface area contributed by atoms with Gasteiger partial charge in [-0.05, 0) is 12.8 Å². The van der Waals surface area contributed by atoms with Gasteiger partial charge in [0.15, 0.2) is 0 Å². The van der Waals surface area contributed by atoms with Crippen molar-refractivity contribution in [3.05, 3.63) is 29.3 Å². The molecule has 1 aromatic carbocycles. The van der Waals surface area contributed by atoms with Gasteiger partial charge >= 0.3 is 0 Å². The van der Waals surface area contributed by atoms with Crippen molar-refractivity contribution in [3.63, 3.8) is 0 Å². The molecule has 142 valence electrons. The van der Waals surface area contributed by atoms with Crippen LogP contribution in [0.25, 0.3) is 0 Å². The predicted molar refractivity (Wildman–Crippen MR) is 96.9 cm³/mol. The van der Waals surface area contributed by atoms with Crippen molar-refractivity contribution < 1.29 is 18.3 Å². The molecule has 0 aromatic heterocycles. The average molecular weight is 355 g/mol. The second kappa shape index (κ2) is 12.7. The van der Waals surface area contributed by atoms with Gasteiger partial charge in [0.2, 0.25) is 5.91 Å². The van der Waals surface area contributed by atoms with Gasteiger partial charge in [-0.15, -0.1) is 0 Å². The monoisotopic (exact) mass is 355 g/mol. The van der Waals surface area contributed by atoms with E-state index in [0.29, 0.717) is 6.61 Å². The smallest absolute Gasteiger partial charge is 0.220 e. The van der Waals surface area contributed by atoms with Gasteiger partial charge in [-0.25, -0.2) is 8.78 Å². The average Bonchev–Trinajstić information content (AvgIpc) is 2.59. The lowest BCUT2D eigenvalue weighted by atomic mass is 10.1. The SMILES string of the molecule is CCCCCCCCCCOc1cc(F)c(CCC(=O)NC)c(F)c1. The molecule has 5 heteroatoms. The summed E-state index contributed by atoms with van der Waals surface area (Å²) < 4.78 is 33.4. The van der Waals surface area contributed by atoms with Crippen LogP contribution in [0.5, 0.6) is 5.75 Å². The molecule has 0 heterocycles. The Balaban J connectivity index is 2.29. The van der Waals surface area contributed by atoms with Gasteiger partial charge in [0.25, 0.3) is 0 Å². The fourth-order valence-electron chi connectivity index (χ4n) is 2.69. The van der Waals surface area contributed by atoms with E-state index in [1.54, 1.807) is 0 Å². The number of unbranched alkanes of at least 4 members (excludes halogenated alkanes) is 7. The van der Waals surface area contributed by atoms with Crippen LogP contribution >= 0.6 is 0 Å². The molecule has 0 unspecified atom stereocenters. The maximum atomic E-state index is 14.0. The van der Waals surface area contributed by atoms with E-state index in [-0.39, 0.29) is 30.1 Å². The Bertz CT molecular complexity index is 497. The molecule has 0 aliphatic rings. The van der Waals surface area contributed by atoms with Crippen LogP contribution in [0.4, 0.5) is 8.78 Å². The Labute approximate surface area is 150 Å². The van der Waals surface area contributed by atoms with Crippen molar-refractivity contribution in [2.24, 2.45) is 0 Å². The molecule has 1 aromatic rings. The van der Waals surface area contributed by atoms with E-state index in [1.807, 2.05) is 0 Å². The molecular formula is C20H31F2NO2. The number of hydrogen-bond acceptors (Lipinski definition) is 2. The molecule has 0 saturated heterocycles. The molecule has 0 radical (unpaired) electrons. The van der Waals surface area contributed by atoms with Crippen molar-refractivity contribution >= 4 is 5.91 Å². The summed E-state index contributed by atoms with van der Waals surface area (Å²) in [4.78, 5) is 11.2. The number of halogens is 2. The Morgan fingerprint density at radius 1 is 1.00 bits per heavy atom. The summed E-state index contributed by atoms with van der Waals surface area (Å²) in [7, 11) is 1.50. The van der Waals surface area contributed by atoms with Gasteiger partial charge in [-0.1, -0.05) is 51.9 Å². The number of hydrogen-bond donors (Lipinski definition) is 1. The second-order valence-corrected chi connectivity index (χ2v) is 6.36. The van der Waals surface area contributed by atoms with Gasteiger partial charge in [-0.2, -0.15) is 0 Å². The first-order valence-corrected chi connectivity index (χ1v) is 9.39. The molecule has 0 spiro atoms. The zero-order valence-electron chi connectivity index (χ0n) is 15.5. The Morgan fingerprint density at radius 2 is 1.56 bits per heavy atom. The van der Waals surface area contributed by atoms with Gasteiger partial charge in [0.05, 0.1) is 6.61 Å². The summed E-state index contributed by atoms with van der Waals surface area (Å²) in [6.07, 6.45) is 9.61. The van der Waals surface area contributed by atoms with Crippen LogP contribution in [0.15, 0.2) is 12.1 Å². The molecule has 25 heavy (non-hydrogen) atoms. The maximum Gasteiger partial charge on any atom is 0.220 e. The van der Waals surface area contributed by atoms with Gasteiger partial charge in [-0.3, -0.25) is 4.79 Å². The summed E-state index contributed by atoms with van der Waals surface area (Å²) in [6, 6.07) is 2.40. The van der Waals surface area contributed by atoms with Crippen molar-refractivity contribution in [3.8, 4) is 5.75 Å². The minimum absolute atomic E-state index is 0.0374. The summed E-state index contributed by atoms with van der Waals surface area (Å²) in [6.45, 7) is 2.67. The highest BCUT2D eigenvalue weighted by Crippen LogP contribution is 2.22. The largest absolute Gasteiger partial charge is 0.493 e. The highest BCUT2D eigenvalue weighted by molar-refractivity contribution is 5.75. The van der Waals surface area contributed by atoms with Crippen molar-refractivity contribution in [1.29, 1.82) is 0 Å². The molecule has 3 nitrogen and oxygen atoms in total. The lowest BCUT2D eigenvalue weighted by molar-refractivity contribution is -0.120. The minimum Gasteiger partial charge on any atom is -0.493 e. The van der Waals surface area contributed by atoms with E-state index >= 15 is 0 Å². The molecule has 0 aliphatic carbocycles. The number of ether oxygens (including phenoxy) is 1. The summed E-state index contributed by atoms with van der Waals surface area (Å²) >= 11 is 0. The van der Waals surface area contributed by atoms with Crippen molar-refractivity contribution in [1.82, 2.24) is 5.32 Å². The first-order chi connectivity index (χ1) is 12.1. The number of amides is 1. The Hall–Kier alpha value is -1.65. The standard InChI is InChI=1S/C20H31F2NO2/c1-3-4-5-6-7-8-9-10-13-25-16-14-18(21)17(19(22)15-16)11-12-20(24)23-2/h14-15H,3-13H2,1-2H3,(H,23,24). The summed E-state index contributed by atoms with van der Waals surface area (Å²) in [5.74, 6) is -1.35. The normalized spacial score (nSPS) is 10.7. The van der Waals surface area contributed by atoms with Crippen LogP contribution in [-0.4, -0.2) is 19.6 Å². The summed E-state index contributed by atoms with van der Waals surface area (Å²) in [5, 5.41) is 2.44. The Kier molecular flexibility index (Phi) is 10.8. The van der Waals surface area contributed by atoms with Gasteiger partial charge in [0, 0.05) is 31.2 Å². The topological polar surface area (TPSA) is 38.3 Å². The highest BCUT2D eigenvalue weighted by atomic mass is 19.1. The third kappa shape index (κ3) is 8.84. The van der Waals surface area contributed by atoms with E-state index in [9.17, 15) is 13.6 Å². The molecule has 0 saturated carbocycles. The number of carbonyl (C=O) groups excluding carboxylic acids is 1. The number of benzene rings is 1. The summed E-state index contributed by atoms with van der Waals surface area (Å²) in [5.41, 5.74) is -0.0666. The van der Waals surface area contributed by atoms with Gasteiger partial charge < -0.3 is 10.1 Å². The van der Waals surface area contributed by atoms with Crippen LogP contribution in [0, 0.1) is 11.6 Å². The van der Waals surface area contributed by atoms with Crippen molar-refractivity contribution in [2.45, 2.75) is 71.1 Å². The highest BCUT2D eigenvalue weighted by Gasteiger charge is 2.13. The molecule has 0 fully saturated rings. The van der Waals surface area contributed by atoms with Crippen LogP contribution < -0.4 is 10.1 Å². The second-order valence-electron chi connectivity index (χ2n) is 6.36. The molecular weight excluding hydrogens is 324 g/mol. The van der Waals surface area contributed by atoms with Crippen LogP contribution in [0.2, 0.25) is 0 Å². The quantitative estimate of drug-likeness (QED) is 0.496. The fraction of sp³-hybridized carbons (Fsp3) is 0.650. The molecule has 1 rings (SSSR count). The first kappa shape index (κ1) is 21.4. The van der Waals surface area contributed by atoms with Crippen LogP contribution in [0.1, 0.15) is 70.3 Å². The van der Waals surface area contributed by atoms with E-state index in [2.05, 4.69) is 12.2 Å². The van der Waals surface area contributed by atoms with E-state index in [0.717, 1.165) is 12.8 Å². The minimum atomic E-state index is -0.658. The molecule has 0 bridgehead atoms. The van der Waals surface area contributed by atoms with E-state index in [4.69, 9.17) is 4.74 Å². The maximum absolute atomic E-state index is 14.0. The van der Waals surface area contributed by atoms with E-state index in [1.165, 1.54) is 57.7 Å². The number of rotatable bonds is 13. The Morgan fingerprint density at radius 3 is 2.12 bits per heavy atom. The fourth-order valence-corrected chi connectivity index (χ4v) is 2.69. The van der Waals surface area contributed by atoms with Crippen molar-refractivity contribution in [2.75, 3.05) is 13.7 Å². The lowest BCUT2D eigenvalue weighted by Crippen LogP contribution is -2.18. The molecule has 0 aliphatic heterocycles. The predicted octanol–water partition coefficient (Wildman–Crippen LogP) is 5.16. The van der Waals surface area contributed by atoms with Gasteiger partial charge in [0.1, 0.15) is 17.4 Å². The molecule has 1 amide bonds. The van der Waals surface area contributed by atoms with E-state index < -0.39 is 11.6 Å². The number of carbonyl (C=O) groups is 1. The number of nitrogens with one attached hydrogen (secondary N) is 1. The third-order valence-corrected chi connectivity index (χ3v) is 4.26. The molecule has 1 N–H and O–H groups in total. The zero-order chi connectivity index (χ0) is 18.5. The van der Waals surface area contributed by atoms with Crippen LogP contribution in [-0.2, 0) is 11.2 Å².